The van der Waals surface area contributed by atoms with Crippen LogP contribution in [0.3, 0.4) is 0 Å². The van der Waals surface area contributed by atoms with Gasteiger partial charge in [0.2, 0.25) is 0 Å². The molecule has 2 N–H and O–H groups in total. The number of ether oxygens (including phenoxy) is 2. The van der Waals surface area contributed by atoms with Gasteiger partial charge in [-0.15, -0.1) is 0 Å². The maximum absolute atomic E-state index is 12.3. The van der Waals surface area contributed by atoms with E-state index in [4.69, 9.17) is 9.47 Å². The van der Waals surface area contributed by atoms with Crippen LogP contribution in [0.25, 0.3) is 0 Å². The molecular weight excluding hydrogens is 386 g/mol. The number of nitrogens with zero attached hydrogens (tertiary/aromatic N) is 1. The van der Waals surface area contributed by atoms with Crippen LogP contribution in [0.15, 0.2) is 53.6 Å². The van der Waals surface area contributed by atoms with E-state index < -0.39 is 0 Å². The number of rotatable bonds is 7. The highest BCUT2D eigenvalue weighted by Gasteiger charge is 2.19. The molecule has 2 saturated heterocycles. The Labute approximate surface area is 175 Å². The van der Waals surface area contributed by atoms with Gasteiger partial charge in [-0.05, 0) is 42.0 Å². The van der Waals surface area contributed by atoms with E-state index in [0.29, 0.717) is 11.7 Å². The first-order valence-corrected chi connectivity index (χ1v) is 11.1. The minimum Gasteiger partial charge on any atom is -0.489 e. The molecule has 0 saturated carbocycles. The monoisotopic (exact) mass is 412 g/mol. The van der Waals surface area contributed by atoms with E-state index in [1.165, 1.54) is 10.5 Å². The summed E-state index contributed by atoms with van der Waals surface area (Å²) in [5.74, 6) is 2.78. The molecule has 1 amide bonds. The molecule has 4 rings (SSSR count). The number of thioether (sulfide) groups is 1. The maximum Gasteiger partial charge on any atom is 0.271 e. The average molecular weight is 413 g/mol. The highest BCUT2D eigenvalue weighted by molar-refractivity contribution is 8.00. The van der Waals surface area contributed by atoms with Gasteiger partial charge in [0.25, 0.3) is 5.91 Å². The van der Waals surface area contributed by atoms with Gasteiger partial charge in [0.15, 0.2) is 0 Å². The van der Waals surface area contributed by atoms with Gasteiger partial charge in [0.1, 0.15) is 31.5 Å². The SMILES string of the molecule is O=C(N/N=C\c1ccc(OC2CSC2)cc1)c1ccc(C[NH+]2CCOCC2)cc1. The molecule has 2 aromatic rings. The van der Waals surface area contributed by atoms with Gasteiger partial charge in [-0.3, -0.25) is 4.79 Å². The van der Waals surface area contributed by atoms with Crippen LogP contribution in [-0.4, -0.2) is 56.0 Å². The lowest BCUT2D eigenvalue weighted by molar-refractivity contribution is -0.921. The minimum atomic E-state index is -0.214. The van der Waals surface area contributed by atoms with Crippen molar-refractivity contribution in [1.82, 2.24) is 5.43 Å². The van der Waals surface area contributed by atoms with Crippen molar-refractivity contribution in [3.05, 3.63) is 65.2 Å². The summed E-state index contributed by atoms with van der Waals surface area (Å²) in [5.41, 5.74) is 5.32. The summed E-state index contributed by atoms with van der Waals surface area (Å²) in [5, 5.41) is 4.07. The van der Waals surface area contributed by atoms with Gasteiger partial charge < -0.3 is 14.4 Å². The van der Waals surface area contributed by atoms with Crippen molar-refractivity contribution in [2.75, 3.05) is 37.8 Å². The zero-order valence-corrected chi connectivity index (χ0v) is 17.1. The van der Waals surface area contributed by atoms with Crippen LogP contribution in [0.4, 0.5) is 0 Å². The van der Waals surface area contributed by atoms with Crippen molar-refractivity contribution in [3.63, 3.8) is 0 Å². The lowest BCUT2D eigenvalue weighted by atomic mass is 10.1. The van der Waals surface area contributed by atoms with Crippen LogP contribution in [-0.2, 0) is 11.3 Å². The molecule has 0 bridgehead atoms. The molecule has 2 fully saturated rings. The standard InChI is InChI=1S/C22H25N3O3S/c26-22(19-5-1-18(2-6-19)14-25-9-11-27-12-10-25)24-23-13-17-3-7-20(8-4-17)28-21-15-29-16-21/h1-8,13,21H,9-12,14-16H2,(H,24,26)/p+1/b23-13-. The van der Waals surface area contributed by atoms with Crippen LogP contribution in [0, 0.1) is 0 Å². The third-order valence-corrected chi connectivity index (χ3v) is 6.26. The first kappa shape index (κ1) is 19.9. The highest BCUT2D eigenvalue weighted by Crippen LogP contribution is 2.23. The number of carbonyl (C=O) groups is 1. The second-order valence-electron chi connectivity index (χ2n) is 7.28. The Bertz CT molecular complexity index is 829. The average Bonchev–Trinajstić information content (AvgIpc) is 2.73. The minimum absolute atomic E-state index is 0.214. The van der Waals surface area contributed by atoms with Gasteiger partial charge in [-0.1, -0.05) is 12.1 Å². The van der Waals surface area contributed by atoms with E-state index >= 15 is 0 Å². The van der Waals surface area contributed by atoms with E-state index in [1.54, 1.807) is 6.21 Å². The summed E-state index contributed by atoms with van der Waals surface area (Å²) in [6.45, 7) is 4.67. The predicted octanol–water partition coefficient (Wildman–Crippen LogP) is 1.36. The molecule has 0 radical (unpaired) electrons. The lowest BCUT2D eigenvalue weighted by Gasteiger charge is -2.25. The number of hydrazone groups is 1. The third-order valence-electron chi connectivity index (χ3n) is 5.04. The fraction of sp³-hybridized carbons (Fsp3) is 0.364. The molecule has 2 heterocycles. The van der Waals surface area contributed by atoms with Gasteiger partial charge in [-0.2, -0.15) is 16.9 Å². The van der Waals surface area contributed by atoms with Gasteiger partial charge >= 0.3 is 0 Å². The molecule has 0 aromatic heterocycles. The number of benzene rings is 2. The van der Waals surface area contributed by atoms with Crippen molar-refractivity contribution in [3.8, 4) is 5.75 Å². The predicted molar refractivity (Wildman–Crippen MR) is 115 cm³/mol. The number of amides is 1. The van der Waals surface area contributed by atoms with E-state index in [-0.39, 0.29) is 5.91 Å². The van der Waals surface area contributed by atoms with E-state index in [2.05, 4.69) is 10.5 Å². The highest BCUT2D eigenvalue weighted by atomic mass is 32.2. The van der Waals surface area contributed by atoms with Crippen LogP contribution < -0.4 is 15.1 Å². The fourth-order valence-electron chi connectivity index (χ4n) is 3.24. The summed E-state index contributed by atoms with van der Waals surface area (Å²) in [4.78, 5) is 13.8. The quantitative estimate of drug-likeness (QED) is 0.533. The molecule has 0 aliphatic carbocycles. The van der Waals surface area contributed by atoms with Crippen LogP contribution in [0.2, 0.25) is 0 Å². The zero-order chi connectivity index (χ0) is 19.9. The zero-order valence-electron chi connectivity index (χ0n) is 16.3. The number of nitrogens with one attached hydrogen (secondary N) is 2. The van der Waals surface area contributed by atoms with Crippen LogP contribution in [0.1, 0.15) is 21.5 Å². The summed E-state index contributed by atoms with van der Waals surface area (Å²) in [6, 6.07) is 15.5. The molecule has 0 unspecified atom stereocenters. The Hall–Kier alpha value is -2.35. The molecular formula is C22H26N3O3S+. The summed E-state index contributed by atoms with van der Waals surface area (Å²) >= 11 is 1.90. The first-order chi connectivity index (χ1) is 14.3. The van der Waals surface area contributed by atoms with Crippen molar-refractivity contribution < 1.29 is 19.2 Å². The fourth-order valence-corrected chi connectivity index (χ4v) is 3.80. The second kappa shape index (κ2) is 9.91. The van der Waals surface area contributed by atoms with Crippen LogP contribution >= 0.6 is 11.8 Å². The van der Waals surface area contributed by atoms with Gasteiger partial charge in [-0.25, -0.2) is 5.43 Å². The van der Waals surface area contributed by atoms with Crippen LogP contribution in [0.5, 0.6) is 5.75 Å². The number of carbonyl (C=O) groups excluding carboxylic acids is 1. The maximum atomic E-state index is 12.3. The Morgan fingerprint density at radius 2 is 1.86 bits per heavy atom. The Kier molecular flexibility index (Phi) is 6.82. The largest absolute Gasteiger partial charge is 0.489 e. The lowest BCUT2D eigenvalue weighted by Crippen LogP contribution is -3.12. The third kappa shape index (κ3) is 5.82. The number of hydrogen-bond donors (Lipinski definition) is 2. The number of quaternary nitrogens is 1. The van der Waals surface area contributed by atoms with Crippen molar-refractivity contribution >= 4 is 23.9 Å². The molecule has 7 heteroatoms. The molecule has 0 atom stereocenters. The summed E-state index contributed by atoms with van der Waals surface area (Å²) in [6.07, 6.45) is 1.97. The second-order valence-corrected chi connectivity index (χ2v) is 8.36. The number of morpholine rings is 1. The van der Waals surface area contributed by atoms with Crippen molar-refractivity contribution in [1.29, 1.82) is 0 Å². The smallest absolute Gasteiger partial charge is 0.271 e. The van der Waals surface area contributed by atoms with Gasteiger partial charge in [0, 0.05) is 22.6 Å². The van der Waals surface area contributed by atoms with Crippen molar-refractivity contribution in [2.45, 2.75) is 12.6 Å². The van der Waals surface area contributed by atoms with Gasteiger partial charge in [0.05, 0.1) is 19.4 Å². The Morgan fingerprint density at radius 1 is 1.14 bits per heavy atom. The Balaban J connectivity index is 1.25. The van der Waals surface area contributed by atoms with Crippen molar-refractivity contribution in [2.24, 2.45) is 5.10 Å². The molecule has 2 aliphatic rings. The molecule has 29 heavy (non-hydrogen) atoms. The topological polar surface area (TPSA) is 64.4 Å². The number of hydrogen-bond acceptors (Lipinski definition) is 5. The molecule has 6 nitrogen and oxygen atoms in total. The molecule has 152 valence electrons. The molecule has 0 spiro atoms. The van der Waals surface area contributed by atoms with E-state index in [1.807, 2.05) is 60.3 Å². The van der Waals surface area contributed by atoms with E-state index in [9.17, 15) is 4.79 Å². The Morgan fingerprint density at radius 3 is 2.52 bits per heavy atom. The normalized spacial score (nSPS) is 17.8. The summed E-state index contributed by atoms with van der Waals surface area (Å²) in [7, 11) is 0. The molecule has 2 aromatic carbocycles. The summed E-state index contributed by atoms with van der Waals surface area (Å²) < 4.78 is 11.2. The van der Waals surface area contributed by atoms with E-state index in [0.717, 1.165) is 55.7 Å². The first-order valence-electron chi connectivity index (χ1n) is 9.94. The molecule has 2 aliphatic heterocycles.